The zero-order valence-electron chi connectivity index (χ0n) is 16.0. The van der Waals surface area contributed by atoms with Gasteiger partial charge in [-0.05, 0) is 32.8 Å². The summed E-state index contributed by atoms with van der Waals surface area (Å²) in [7, 11) is 0. The van der Waals surface area contributed by atoms with Crippen LogP contribution in [0.5, 0.6) is 0 Å². The van der Waals surface area contributed by atoms with Gasteiger partial charge in [0.05, 0.1) is 23.4 Å². The van der Waals surface area contributed by atoms with Crippen molar-refractivity contribution < 1.29 is 27.3 Å². The van der Waals surface area contributed by atoms with Crippen LogP contribution in [0.25, 0.3) is 0 Å². The number of carbonyl (C=O) groups excluding carboxylic acids is 2. The number of nitrogens with zero attached hydrogens (tertiary/aromatic N) is 3. The van der Waals surface area contributed by atoms with Crippen molar-refractivity contribution >= 4 is 11.8 Å². The Morgan fingerprint density at radius 2 is 2.10 bits per heavy atom. The second-order valence-electron chi connectivity index (χ2n) is 7.03. The highest BCUT2D eigenvalue weighted by Crippen LogP contribution is 2.31. The first kappa shape index (κ1) is 20.8. The molecule has 7 nitrogen and oxygen atoms in total. The average Bonchev–Trinajstić information content (AvgIpc) is 2.88. The molecule has 0 spiro atoms. The lowest BCUT2D eigenvalue weighted by atomic mass is 10.1. The Hall–Kier alpha value is -2.91. The second-order valence-corrected chi connectivity index (χ2v) is 7.03. The lowest BCUT2D eigenvalue weighted by molar-refractivity contribution is -0.138. The highest BCUT2D eigenvalue weighted by Gasteiger charge is 2.36. The van der Waals surface area contributed by atoms with Crippen LogP contribution < -0.4 is 5.32 Å². The van der Waals surface area contributed by atoms with Gasteiger partial charge < -0.3 is 14.7 Å². The fraction of sp³-hybridized carbons (Fsp3) is 0.474. The molecule has 3 rings (SSSR count). The van der Waals surface area contributed by atoms with Gasteiger partial charge in [-0.15, -0.1) is 0 Å². The molecule has 2 amide bonds. The quantitative estimate of drug-likeness (QED) is 0.837. The van der Waals surface area contributed by atoms with E-state index in [1.165, 1.54) is 0 Å². The molecule has 2 aromatic heterocycles. The first-order valence-electron chi connectivity index (χ1n) is 9.18. The first-order valence-corrected chi connectivity index (χ1v) is 9.18. The van der Waals surface area contributed by atoms with E-state index in [-0.39, 0.29) is 12.3 Å². The molecular formula is C19H21F3N4O3. The van der Waals surface area contributed by atoms with E-state index in [9.17, 15) is 22.8 Å². The number of likely N-dealkylation sites (tertiary alicyclic amines) is 1. The third-order valence-electron chi connectivity index (χ3n) is 5.04. The molecule has 1 fully saturated rings. The monoisotopic (exact) mass is 410 g/mol. The van der Waals surface area contributed by atoms with Gasteiger partial charge in [0, 0.05) is 37.0 Å². The van der Waals surface area contributed by atoms with Crippen LogP contribution in [0.15, 0.2) is 23.0 Å². The van der Waals surface area contributed by atoms with Crippen LogP contribution in [-0.4, -0.2) is 39.4 Å². The lowest BCUT2D eigenvalue weighted by Crippen LogP contribution is -2.37. The van der Waals surface area contributed by atoms with E-state index in [2.05, 4.69) is 15.5 Å². The van der Waals surface area contributed by atoms with E-state index in [4.69, 9.17) is 4.52 Å². The van der Waals surface area contributed by atoms with Crippen molar-refractivity contribution in [2.75, 3.05) is 6.54 Å². The normalized spacial score (nSPS) is 17.9. The van der Waals surface area contributed by atoms with Gasteiger partial charge >= 0.3 is 6.18 Å². The second kappa shape index (κ2) is 8.22. The summed E-state index contributed by atoms with van der Waals surface area (Å²) in [5.41, 5.74) is -0.00967. The van der Waals surface area contributed by atoms with Crippen LogP contribution in [-0.2, 0) is 17.5 Å². The maximum atomic E-state index is 13.1. The predicted molar refractivity (Wildman–Crippen MR) is 95.7 cm³/mol. The molecule has 2 aromatic rings. The summed E-state index contributed by atoms with van der Waals surface area (Å²) >= 11 is 0. The van der Waals surface area contributed by atoms with Crippen LogP contribution in [0.3, 0.4) is 0 Å². The number of hydrogen-bond donors (Lipinski definition) is 1. The summed E-state index contributed by atoms with van der Waals surface area (Å²) in [6.07, 6.45) is -1.78. The molecule has 29 heavy (non-hydrogen) atoms. The van der Waals surface area contributed by atoms with E-state index < -0.39 is 29.3 Å². The number of rotatable bonds is 4. The number of alkyl halides is 3. The molecule has 0 aliphatic carbocycles. The van der Waals surface area contributed by atoms with E-state index in [0.717, 1.165) is 24.0 Å². The summed E-state index contributed by atoms with van der Waals surface area (Å²) in [5.74, 6) is -0.290. The largest absolute Gasteiger partial charge is 0.417 e. The van der Waals surface area contributed by atoms with E-state index in [0.29, 0.717) is 37.4 Å². The minimum Gasteiger partial charge on any atom is -0.361 e. The SMILES string of the molecule is Cc1noc(C)c1CN1CCC(NC(=O)c2cnccc2C(F)(F)F)CCC1=O. The molecule has 1 saturated heterocycles. The maximum absolute atomic E-state index is 13.1. The summed E-state index contributed by atoms with van der Waals surface area (Å²) in [4.78, 5) is 30.2. The smallest absolute Gasteiger partial charge is 0.361 e. The number of hydrogen-bond acceptors (Lipinski definition) is 5. The van der Waals surface area contributed by atoms with E-state index in [1.54, 1.807) is 18.7 Å². The number of nitrogens with one attached hydrogen (secondary N) is 1. The Morgan fingerprint density at radius 1 is 1.34 bits per heavy atom. The zero-order chi connectivity index (χ0) is 21.2. The van der Waals surface area contributed by atoms with Crippen molar-refractivity contribution in [2.24, 2.45) is 0 Å². The van der Waals surface area contributed by atoms with Gasteiger partial charge in [0.1, 0.15) is 5.76 Å². The number of halogens is 3. The number of amides is 2. The van der Waals surface area contributed by atoms with Crippen LogP contribution in [0.2, 0.25) is 0 Å². The van der Waals surface area contributed by atoms with Gasteiger partial charge in [0.2, 0.25) is 5.91 Å². The Labute approximate surface area is 165 Å². The standard InChI is InChI=1S/C19H21F3N4O3/c1-11-15(12(2)29-25-11)10-26-8-6-13(3-4-17(26)27)24-18(28)14-9-23-7-5-16(14)19(20,21)22/h5,7,9,13H,3-4,6,8,10H2,1-2H3,(H,24,28). The molecule has 0 radical (unpaired) electrons. The number of carbonyl (C=O) groups is 2. The maximum Gasteiger partial charge on any atom is 0.417 e. The van der Waals surface area contributed by atoms with Crippen LogP contribution in [0.1, 0.15) is 52.2 Å². The van der Waals surface area contributed by atoms with Crippen molar-refractivity contribution in [2.45, 2.75) is 51.9 Å². The summed E-state index contributed by atoms with van der Waals surface area (Å²) < 4.78 is 44.5. The van der Waals surface area contributed by atoms with E-state index in [1.807, 2.05) is 0 Å². The number of pyridine rings is 1. The minimum atomic E-state index is -4.65. The molecule has 156 valence electrons. The molecule has 0 saturated carbocycles. The Kier molecular flexibility index (Phi) is 5.90. The van der Waals surface area contributed by atoms with Gasteiger partial charge in [0.15, 0.2) is 0 Å². The summed E-state index contributed by atoms with van der Waals surface area (Å²) in [6, 6.07) is 0.360. The molecule has 1 aliphatic heterocycles. The molecule has 1 unspecified atom stereocenters. The molecule has 1 atom stereocenters. The van der Waals surface area contributed by atoms with Gasteiger partial charge in [-0.3, -0.25) is 14.6 Å². The number of aromatic nitrogens is 2. The molecular weight excluding hydrogens is 389 g/mol. The van der Waals surface area contributed by atoms with Crippen molar-refractivity contribution in [3.8, 4) is 0 Å². The Bertz CT molecular complexity index is 891. The van der Waals surface area contributed by atoms with E-state index >= 15 is 0 Å². The molecule has 3 heterocycles. The van der Waals surface area contributed by atoms with Crippen molar-refractivity contribution in [1.82, 2.24) is 20.4 Å². The molecule has 1 N–H and O–H groups in total. The van der Waals surface area contributed by atoms with Crippen molar-refractivity contribution in [3.05, 3.63) is 46.6 Å². The first-order chi connectivity index (χ1) is 13.7. The van der Waals surface area contributed by atoms with Crippen LogP contribution in [0.4, 0.5) is 13.2 Å². The highest BCUT2D eigenvalue weighted by atomic mass is 19.4. The van der Waals surface area contributed by atoms with Gasteiger partial charge in [-0.25, -0.2) is 0 Å². The molecule has 10 heteroatoms. The summed E-state index contributed by atoms with van der Waals surface area (Å²) in [5, 5.41) is 6.50. The van der Waals surface area contributed by atoms with Gasteiger partial charge in [-0.2, -0.15) is 13.2 Å². The summed E-state index contributed by atoms with van der Waals surface area (Å²) in [6.45, 7) is 4.28. The number of aryl methyl sites for hydroxylation is 2. The molecule has 0 bridgehead atoms. The fourth-order valence-electron chi connectivity index (χ4n) is 3.35. The third kappa shape index (κ3) is 4.75. The fourth-order valence-corrected chi connectivity index (χ4v) is 3.35. The van der Waals surface area contributed by atoms with Crippen molar-refractivity contribution in [1.29, 1.82) is 0 Å². The highest BCUT2D eigenvalue weighted by molar-refractivity contribution is 5.95. The topological polar surface area (TPSA) is 88.3 Å². The van der Waals surface area contributed by atoms with Crippen LogP contribution >= 0.6 is 0 Å². The van der Waals surface area contributed by atoms with Crippen LogP contribution in [0, 0.1) is 13.8 Å². The molecule has 0 aromatic carbocycles. The Balaban J connectivity index is 1.67. The lowest BCUT2D eigenvalue weighted by Gasteiger charge is -2.21. The van der Waals surface area contributed by atoms with Gasteiger partial charge in [-0.1, -0.05) is 5.16 Å². The zero-order valence-corrected chi connectivity index (χ0v) is 16.0. The third-order valence-corrected chi connectivity index (χ3v) is 5.04. The van der Waals surface area contributed by atoms with Crippen molar-refractivity contribution in [3.63, 3.8) is 0 Å². The van der Waals surface area contributed by atoms with Gasteiger partial charge in [0.25, 0.3) is 5.91 Å². The Morgan fingerprint density at radius 3 is 2.76 bits per heavy atom. The molecule has 1 aliphatic rings. The predicted octanol–water partition coefficient (Wildman–Crippen LogP) is 3.02. The average molecular weight is 410 g/mol. The minimum absolute atomic E-state index is 0.0842.